The monoisotopic (exact) mass is 276 g/mol. The summed E-state index contributed by atoms with van der Waals surface area (Å²) in [5.41, 5.74) is 1.01. The second kappa shape index (κ2) is 6.68. The average molecular weight is 276 g/mol. The van der Waals surface area contributed by atoms with Crippen LogP contribution in [0.15, 0.2) is 30.3 Å². The minimum absolute atomic E-state index is 0.436. The highest BCUT2D eigenvalue weighted by Gasteiger charge is 2.06. The van der Waals surface area contributed by atoms with E-state index in [-0.39, 0.29) is 0 Å². The van der Waals surface area contributed by atoms with Gasteiger partial charge in [-0.3, -0.25) is 0 Å². The molecular formula is C15H20N2OS. The Balaban J connectivity index is 1.84. The molecule has 1 atom stereocenters. The molecule has 0 amide bonds. The Labute approximate surface area is 118 Å². The first kappa shape index (κ1) is 14.0. The van der Waals surface area contributed by atoms with Gasteiger partial charge in [0.1, 0.15) is 0 Å². The van der Waals surface area contributed by atoms with Gasteiger partial charge in [-0.25, -0.2) is 4.98 Å². The molecule has 1 unspecified atom stereocenters. The summed E-state index contributed by atoms with van der Waals surface area (Å²) in [5, 5.41) is 3.50. The Hall–Kier alpha value is -1.39. The quantitative estimate of drug-likeness (QED) is 0.880. The van der Waals surface area contributed by atoms with Crippen LogP contribution in [-0.2, 0) is 13.0 Å². The van der Waals surface area contributed by atoms with Crippen molar-refractivity contribution in [2.24, 2.45) is 0 Å². The molecule has 2 aromatic rings. The first-order valence-corrected chi connectivity index (χ1v) is 7.27. The van der Waals surface area contributed by atoms with Crippen molar-refractivity contribution in [3.63, 3.8) is 0 Å². The molecule has 2 rings (SSSR count). The van der Waals surface area contributed by atoms with E-state index in [1.165, 1.54) is 9.75 Å². The van der Waals surface area contributed by atoms with Crippen molar-refractivity contribution < 1.29 is 4.74 Å². The fraction of sp³-hybridized carbons (Fsp3) is 0.400. The largest absolute Gasteiger partial charge is 0.481 e. The number of methoxy groups -OCH3 is 1. The maximum atomic E-state index is 5.12. The zero-order valence-corrected chi connectivity index (χ0v) is 12.5. The van der Waals surface area contributed by atoms with E-state index in [0.29, 0.717) is 11.9 Å². The number of nitrogens with one attached hydrogen (secondary N) is 1. The van der Waals surface area contributed by atoms with Gasteiger partial charge in [0.2, 0.25) is 5.88 Å². The summed E-state index contributed by atoms with van der Waals surface area (Å²) in [6, 6.07) is 10.7. The summed E-state index contributed by atoms with van der Waals surface area (Å²) in [6.45, 7) is 5.12. The molecular weight excluding hydrogens is 256 g/mol. The van der Waals surface area contributed by atoms with Gasteiger partial charge in [0.25, 0.3) is 0 Å². The van der Waals surface area contributed by atoms with Gasteiger partial charge in [-0.05, 0) is 38.5 Å². The standard InChI is InChI=1S/C15H20N2OS/c1-11(9-14-8-7-12(2)19-14)16-10-13-5-4-6-15(17-13)18-3/h4-8,11,16H,9-10H2,1-3H3. The Morgan fingerprint density at radius 3 is 2.84 bits per heavy atom. The second-order valence-corrected chi connectivity index (χ2v) is 6.04. The van der Waals surface area contributed by atoms with Gasteiger partial charge in [-0.2, -0.15) is 0 Å². The molecule has 0 aliphatic heterocycles. The predicted molar refractivity (Wildman–Crippen MR) is 79.9 cm³/mol. The van der Waals surface area contributed by atoms with Gasteiger partial charge in [0.05, 0.1) is 12.8 Å². The maximum absolute atomic E-state index is 5.12. The van der Waals surface area contributed by atoms with Gasteiger partial charge >= 0.3 is 0 Å². The average Bonchev–Trinajstić information content (AvgIpc) is 2.82. The van der Waals surface area contributed by atoms with Crippen molar-refractivity contribution >= 4 is 11.3 Å². The molecule has 0 radical (unpaired) electrons. The smallest absolute Gasteiger partial charge is 0.213 e. The number of pyridine rings is 1. The number of hydrogen-bond donors (Lipinski definition) is 1. The van der Waals surface area contributed by atoms with E-state index in [1.807, 2.05) is 29.5 Å². The summed E-state index contributed by atoms with van der Waals surface area (Å²) in [6.07, 6.45) is 1.06. The molecule has 0 aliphatic carbocycles. The van der Waals surface area contributed by atoms with Gasteiger partial charge in [-0.1, -0.05) is 6.07 Å². The molecule has 0 saturated carbocycles. The lowest BCUT2D eigenvalue weighted by molar-refractivity contribution is 0.395. The van der Waals surface area contributed by atoms with Crippen LogP contribution in [0.3, 0.4) is 0 Å². The van der Waals surface area contributed by atoms with Gasteiger partial charge in [0, 0.05) is 28.4 Å². The summed E-state index contributed by atoms with van der Waals surface area (Å²) in [7, 11) is 1.64. The van der Waals surface area contributed by atoms with Crippen LogP contribution in [0.2, 0.25) is 0 Å². The lowest BCUT2D eigenvalue weighted by atomic mass is 10.2. The highest BCUT2D eigenvalue weighted by Crippen LogP contribution is 2.16. The van der Waals surface area contributed by atoms with Crippen LogP contribution in [0.5, 0.6) is 5.88 Å². The van der Waals surface area contributed by atoms with Gasteiger partial charge in [-0.15, -0.1) is 11.3 Å². The molecule has 19 heavy (non-hydrogen) atoms. The Morgan fingerprint density at radius 2 is 2.16 bits per heavy atom. The normalized spacial score (nSPS) is 12.4. The Bertz CT molecular complexity index is 524. The molecule has 1 N–H and O–H groups in total. The fourth-order valence-corrected chi connectivity index (χ4v) is 2.94. The van der Waals surface area contributed by atoms with Crippen molar-refractivity contribution in [1.82, 2.24) is 10.3 Å². The van der Waals surface area contributed by atoms with E-state index in [0.717, 1.165) is 18.7 Å². The first-order valence-electron chi connectivity index (χ1n) is 6.46. The number of thiophene rings is 1. The number of aryl methyl sites for hydroxylation is 1. The molecule has 4 heteroatoms. The number of nitrogens with zero attached hydrogens (tertiary/aromatic N) is 1. The van der Waals surface area contributed by atoms with Crippen LogP contribution >= 0.6 is 11.3 Å². The fourth-order valence-electron chi connectivity index (χ4n) is 1.92. The van der Waals surface area contributed by atoms with E-state index >= 15 is 0 Å². The minimum Gasteiger partial charge on any atom is -0.481 e. The van der Waals surface area contributed by atoms with E-state index in [9.17, 15) is 0 Å². The topological polar surface area (TPSA) is 34.1 Å². The molecule has 0 spiro atoms. The zero-order valence-electron chi connectivity index (χ0n) is 11.6. The van der Waals surface area contributed by atoms with Crippen molar-refractivity contribution in [3.05, 3.63) is 45.8 Å². The third-order valence-electron chi connectivity index (χ3n) is 2.93. The van der Waals surface area contributed by atoms with E-state index in [4.69, 9.17) is 4.74 Å². The summed E-state index contributed by atoms with van der Waals surface area (Å²) in [5.74, 6) is 0.667. The maximum Gasteiger partial charge on any atom is 0.213 e. The van der Waals surface area contributed by atoms with Crippen molar-refractivity contribution in [3.8, 4) is 5.88 Å². The minimum atomic E-state index is 0.436. The van der Waals surface area contributed by atoms with Crippen molar-refractivity contribution in [1.29, 1.82) is 0 Å². The number of ether oxygens (including phenoxy) is 1. The van der Waals surface area contributed by atoms with Crippen LogP contribution in [0.4, 0.5) is 0 Å². The lowest BCUT2D eigenvalue weighted by Crippen LogP contribution is -2.27. The third kappa shape index (κ3) is 4.33. The van der Waals surface area contributed by atoms with E-state index in [2.05, 4.69) is 36.3 Å². The molecule has 2 heterocycles. The predicted octanol–water partition coefficient (Wildman–Crippen LogP) is 3.18. The summed E-state index contributed by atoms with van der Waals surface area (Å²) in [4.78, 5) is 7.19. The SMILES string of the molecule is COc1cccc(CNC(C)Cc2ccc(C)s2)n1. The lowest BCUT2D eigenvalue weighted by Gasteiger charge is -2.12. The summed E-state index contributed by atoms with van der Waals surface area (Å²) < 4.78 is 5.12. The number of aromatic nitrogens is 1. The summed E-state index contributed by atoms with van der Waals surface area (Å²) >= 11 is 1.87. The van der Waals surface area contributed by atoms with E-state index in [1.54, 1.807) is 7.11 Å². The molecule has 0 saturated heterocycles. The Morgan fingerprint density at radius 1 is 1.32 bits per heavy atom. The second-order valence-electron chi connectivity index (χ2n) is 4.67. The van der Waals surface area contributed by atoms with Crippen LogP contribution in [0.1, 0.15) is 22.4 Å². The highest BCUT2D eigenvalue weighted by molar-refractivity contribution is 7.11. The molecule has 0 bridgehead atoms. The first-order chi connectivity index (χ1) is 9.17. The zero-order chi connectivity index (χ0) is 13.7. The molecule has 0 aliphatic rings. The molecule has 0 fully saturated rings. The molecule has 3 nitrogen and oxygen atoms in total. The van der Waals surface area contributed by atoms with Crippen LogP contribution < -0.4 is 10.1 Å². The van der Waals surface area contributed by atoms with Crippen molar-refractivity contribution in [2.75, 3.05) is 7.11 Å². The number of hydrogen-bond acceptors (Lipinski definition) is 4. The molecule has 0 aromatic carbocycles. The van der Waals surface area contributed by atoms with Gasteiger partial charge < -0.3 is 10.1 Å². The Kier molecular flexibility index (Phi) is 4.93. The van der Waals surface area contributed by atoms with Crippen LogP contribution in [0.25, 0.3) is 0 Å². The third-order valence-corrected chi connectivity index (χ3v) is 3.95. The van der Waals surface area contributed by atoms with E-state index < -0.39 is 0 Å². The van der Waals surface area contributed by atoms with Gasteiger partial charge in [0.15, 0.2) is 0 Å². The highest BCUT2D eigenvalue weighted by atomic mass is 32.1. The van der Waals surface area contributed by atoms with Crippen molar-refractivity contribution in [2.45, 2.75) is 32.9 Å². The molecule has 2 aromatic heterocycles. The number of rotatable bonds is 6. The molecule has 102 valence electrons. The van der Waals surface area contributed by atoms with Crippen LogP contribution in [0, 0.1) is 6.92 Å². The van der Waals surface area contributed by atoms with Crippen LogP contribution in [-0.4, -0.2) is 18.1 Å².